The Balaban J connectivity index is 2.83. The van der Waals surface area contributed by atoms with E-state index in [0.717, 1.165) is 0 Å². The topological polar surface area (TPSA) is 116 Å². The molecule has 0 unspecified atom stereocenters. The average Bonchev–Trinajstić information content (AvgIpc) is 2.29. The number of benzene rings is 1. The van der Waals surface area contributed by atoms with Crippen LogP contribution >= 0.6 is 0 Å². The predicted molar refractivity (Wildman–Crippen MR) is 57.9 cm³/mol. The number of nitrogens with zero attached hydrogens (tertiary/aromatic N) is 2. The molecule has 1 atom stereocenters. The predicted octanol–water partition coefficient (Wildman–Crippen LogP) is 0.327. The molecule has 1 amide bonds. The number of rotatable bonds is 5. The summed E-state index contributed by atoms with van der Waals surface area (Å²) in [6, 6.07) is 4.58. The van der Waals surface area contributed by atoms with Gasteiger partial charge in [0.1, 0.15) is 6.04 Å². The molecule has 0 heterocycles. The van der Waals surface area contributed by atoms with Gasteiger partial charge in [-0.2, -0.15) is 4.99 Å². The normalized spacial score (nSPS) is 11.3. The molecule has 17 heavy (non-hydrogen) atoms. The van der Waals surface area contributed by atoms with Gasteiger partial charge >= 0.3 is 0 Å². The van der Waals surface area contributed by atoms with Gasteiger partial charge in [-0.15, -0.1) is 0 Å². The molecule has 88 valence electrons. The molecular formula is C10H9N3O4. The van der Waals surface area contributed by atoms with Crippen LogP contribution in [-0.4, -0.2) is 23.0 Å². The maximum absolute atomic E-state index is 10.9. The number of nitro groups is 1. The second kappa shape index (κ2) is 5.53. The monoisotopic (exact) mass is 235 g/mol. The van der Waals surface area contributed by atoms with Gasteiger partial charge in [0, 0.05) is 18.6 Å². The highest BCUT2D eigenvalue weighted by Crippen LogP contribution is 2.13. The summed E-state index contributed by atoms with van der Waals surface area (Å²) in [5.41, 5.74) is 5.60. The van der Waals surface area contributed by atoms with Gasteiger partial charge in [0.25, 0.3) is 5.69 Å². The Bertz CT molecular complexity index is 475. The Kier molecular flexibility index (Phi) is 4.08. The molecule has 7 nitrogen and oxygen atoms in total. The van der Waals surface area contributed by atoms with E-state index >= 15 is 0 Å². The summed E-state index contributed by atoms with van der Waals surface area (Å²) < 4.78 is 0. The van der Waals surface area contributed by atoms with Crippen LogP contribution in [0.4, 0.5) is 5.69 Å². The first-order chi connectivity index (χ1) is 8.04. The zero-order chi connectivity index (χ0) is 12.8. The van der Waals surface area contributed by atoms with Crippen molar-refractivity contribution in [1.29, 1.82) is 0 Å². The summed E-state index contributed by atoms with van der Waals surface area (Å²) in [6.45, 7) is 0. The first-order valence-electron chi connectivity index (χ1n) is 4.64. The molecule has 1 rings (SSSR count). The summed E-state index contributed by atoms with van der Waals surface area (Å²) in [4.78, 5) is 34.1. The molecule has 0 saturated heterocycles. The fourth-order valence-corrected chi connectivity index (χ4v) is 1.25. The molecule has 0 radical (unpaired) electrons. The maximum atomic E-state index is 10.9. The second-order valence-electron chi connectivity index (χ2n) is 3.27. The van der Waals surface area contributed by atoms with E-state index in [4.69, 9.17) is 5.73 Å². The number of carbonyl (C=O) groups is 1. The molecular weight excluding hydrogens is 226 g/mol. The SMILES string of the molecule is NC(=O)[C@H](Cc1ccc([N+](=O)[O-])cc1)N=C=O. The molecule has 0 bridgehead atoms. The highest BCUT2D eigenvalue weighted by molar-refractivity contribution is 5.81. The Morgan fingerprint density at radius 3 is 2.47 bits per heavy atom. The van der Waals surface area contributed by atoms with Crippen LogP contribution in [0.2, 0.25) is 0 Å². The Morgan fingerprint density at radius 1 is 1.47 bits per heavy atom. The molecule has 0 fully saturated rings. The van der Waals surface area contributed by atoms with Gasteiger partial charge in [-0.1, -0.05) is 12.1 Å². The molecule has 0 aliphatic rings. The molecule has 1 aromatic rings. The molecule has 0 aromatic heterocycles. The van der Waals surface area contributed by atoms with E-state index < -0.39 is 16.9 Å². The minimum atomic E-state index is -0.992. The van der Waals surface area contributed by atoms with Crippen LogP contribution in [0.3, 0.4) is 0 Å². The molecule has 2 N–H and O–H groups in total. The maximum Gasteiger partial charge on any atom is 0.269 e. The third-order valence-electron chi connectivity index (χ3n) is 2.11. The fourth-order valence-electron chi connectivity index (χ4n) is 1.25. The van der Waals surface area contributed by atoms with Crippen LogP contribution in [0.25, 0.3) is 0 Å². The van der Waals surface area contributed by atoms with Gasteiger partial charge in [-0.25, -0.2) is 4.79 Å². The van der Waals surface area contributed by atoms with Crippen LogP contribution in [0.5, 0.6) is 0 Å². The molecule has 1 aromatic carbocycles. The van der Waals surface area contributed by atoms with Gasteiger partial charge in [0.05, 0.1) is 4.92 Å². The van der Waals surface area contributed by atoms with Crippen molar-refractivity contribution >= 4 is 17.7 Å². The minimum absolute atomic E-state index is 0.0525. The van der Waals surface area contributed by atoms with Crippen LogP contribution in [0.15, 0.2) is 29.3 Å². The van der Waals surface area contributed by atoms with E-state index in [2.05, 4.69) is 4.99 Å². The number of nitro benzene ring substituents is 1. The number of non-ortho nitro benzene ring substituents is 1. The Morgan fingerprint density at radius 2 is 2.06 bits per heavy atom. The molecule has 0 aliphatic heterocycles. The quantitative estimate of drug-likeness (QED) is 0.342. The molecule has 0 spiro atoms. The van der Waals surface area contributed by atoms with Crippen molar-refractivity contribution in [3.63, 3.8) is 0 Å². The number of hydrogen-bond donors (Lipinski definition) is 1. The molecule has 0 saturated carbocycles. The largest absolute Gasteiger partial charge is 0.368 e. The summed E-state index contributed by atoms with van der Waals surface area (Å²) in [5.74, 6) is -0.744. The summed E-state index contributed by atoms with van der Waals surface area (Å²) in [7, 11) is 0. The van der Waals surface area contributed by atoms with Crippen molar-refractivity contribution in [1.82, 2.24) is 0 Å². The van der Waals surface area contributed by atoms with Gasteiger partial charge in [0.15, 0.2) is 0 Å². The zero-order valence-electron chi connectivity index (χ0n) is 8.70. The van der Waals surface area contributed by atoms with Crippen LogP contribution in [0, 0.1) is 10.1 Å². The number of nitrogens with two attached hydrogens (primary N) is 1. The first kappa shape index (κ1) is 12.5. The number of primary amides is 1. The summed E-state index contributed by atoms with van der Waals surface area (Å²) in [6.07, 6.45) is 1.38. The van der Waals surface area contributed by atoms with Crippen LogP contribution < -0.4 is 5.73 Å². The van der Waals surface area contributed by atoms with E-state index in [1.807, 2.05) is 0 Å². The van der Waals surface area contributed by atoms with E-state index in [1.54, 1.807) is 0 Å². The molecule has 7 heteroatoms. The summed E-state index contributed by atoms with van der Waals surface area (Å²) in [5, 5.41) is 10.4. The van der Waals surface area contributed by atoms with Gasteiger partial charge in [-0.3, -0.25) is 14.9 Å². The first-order valence-corrected chi connectivity index (χ1v) is 4.64. The number of aliphatic imine (C=N–C) groups is 1. The van der Waals surface area contributed by atoms with Gasteiger partial charge < -0.3 is 5.73 Å². The van der Waals surface area contributed by atoms with E-state index in [-0.39, 0.29) is 12.1 Å². The third-order valence-corrected chi connectivity index (χ3v) is 2.11. The van der Waals surface area contributed by atoms with Gasteiger partial charge in [-0.05, 0) is 5.56 Å². The lowest BCUT2D eigenvalue weighted by Crippen LogP contribution is -2.28. The molecule has 0 aliphatic carbocycles. The van der Waals surface area contributed by atoms with Gasteiger partial charge in [0.2, 0.25) is 12.0 Å². The number of hydrogen-bond acceptors (Lipinski definition) is 5. The fraction of sp³-hybridized carbons (Fsp3) is 0.200. The lowest BCUT2D eigenvalue weighted by Gasteiger charge is -2.05. The van der Waals surface area contributed by atoms with Crippen LogP contribution in [-0.2, 0) is 16.0 Å². The number of isocyanates is 1. The number of carbonyl (C=O) groups excluding carboxylic acids is 2. The Hall–Kier alpha value is -2.53. The Labute approximate surface area is 96.1 Å². The highest BCUT2D eigenvalue weighted by atomic mass is 16.6. The van der Waals surface area contributed by atoms with Crippen molar-refractivity contribution < 1.29 is 14.5 Å². The van der Waals surface area contributed by atoms with Crippen molar-refractivity contribution in [2.24, 2.45) is 10.7 Å². The second-order valence-corrected chi connectivity index (χ2v) is 3.27. The third kappa shape index (κ3) is 3.51. The van der Waals surface area contributed by atoms with Crippen molar-refractivity contribution in [2.75, 3.05) is 0 Å². The lowest BCUT2D eigenvalue weighted by molar-refractivity contribution is -0.384. The van der Waals surface area contributed by atoms with E-state index in [1.165, 1.54) is 30.3 Å². The van der Waals surface area contributed by atoms with Crippen molar-refractivity contribution in [2.45, 2.75) is 12.5 Å². The highest BCUT2D eigenvalue weighted by Gasteiger charge is 2.15. The number of amides is 1. The zero-order valence-corrected chi connectivity index (χ0v) is 8.70. The summed E-state index contributed by atoms with van der Waals surface area (Å²) >= 11 is 0. The van der Waals surface area contributed by atoms with E-state index in [9.17, 15) is 19.7 Å². The average molecular weight is 235 g/mol. The van der Waals surface area contributed by atoms with Crippen molar-refractivity contribution in [3.05, 3.63) is 39.9 Å². The van der Waals surface area contributed by atoms with Crippen LogP contribution in [0.1, 0.15) is 5.56 Å². The minimum Gasteiger partial charge on any atom is -0.368 e. The van der Waals surface area contributed by atoms with E-state index in [0.29, 0.717) is 5.56 Å². The van der Waals surface area contributed by atoms with Crippen molar-refractivity contribution in [3.8, 4) is 0 Å². The standard InChI is InChI=1S/C10H9N3O4/c11-10(15)9(12-6-14)5-7-1-3-8(4-2-7)13(16)17/h1-4,9H,5H2,(H2,11,15)/t9-/m0/s1. The smallest absolute Gasteiger partial charge is 0.269 e. The lowest BCUT2D eigenvalue weighted by atomic mass is 10.1.